The van der Waals surface area contributed by atoms with Crippen molar-refractivity contribution in [1.29, 1.82) is 0 Å². The third-order valence-electron chi connectivity index (χ3n) is 4.90. The maximum absolute atomic E-state index is 10.2. The Labute approximate surface area is 152 Å². The standard InChI is InChI=1S/C18H15ClN4OS/c1-9-2-5-14-12(6-9)15-17-22-21-16(23(17)8-20-18(15)25-14)11-7-10(19)3-4-13(11)24/h3-4,7-9,24H,2,5-6H2,1H3/t9-/m0/s1. The summed E-state index contributed by atoms with van der Waals surface area (Å²) in [7, 11) is 0. The number of aromatic nitrogens is 4. The molecule has 0 unspecified atom stereocenters. The van der Waals surface area contributed by atoms with E-state index < -0.39 is 0 Å². The highest BCUT2D eigenvalue weighted by molar-refractivity contribution is 7.19. The molecular formula is C18H15ClN4OS. The quantitative estimate of drug-likeness (QED) is 0.536. The monoisotopic (exact) mass is 370 g/mol. The average Bonchev–Trinajstić information content (AvgIpc) is 3.17. The van der Waals surface area contributed by atoms with Crippen LogP contribution >= 0.6 is 22.9 Å². The molecule has 1 N–H and O–H groups in total. The van der Waals surface area contributed by atoms with Crippen LogP contribution in [-0.2, 0) is 12.8 Å². The highest BCUT2D eigenvalue weighted by Crippen LogP contribution is 2.39. The van der Waals surface area contributed by atoms with E-state index in [2.05, 4.69) is 22.1 Å². The number of rotatable bonds is 1. The maximum Gasteiger partial charge on any atom is 0.173 e. The third-order valence-corrected chi connectivity index (χ3v) is 6.33. The van der Waals surface area contributed by atoms with Crippen molar-refractivity contribution in [3.8, 4) is 17.1 Å². The van der Waals surface area contributed by atoms with Crippen LogP contribution in [-0.4, -0.2) is 24.7 Å². The van der Waals surface area contributed by atoms with Crippen molar-refractivity contribution in [2.75, 3.05) is 0 Å². The maximum atomic E-state index is 10.2. The Morgan fingerprint density at radius 2 is 2.20 bits per heavy atom. The van der Waals surface area contributed by atoms with Crippen LogP contribution in [0.15, 0.2) is 24.5 Å². The summed E-state index contributed by atoms with van der Waals surface area (Å²) in [5.41, 5.74) is 2.72. The van der Waals surface area contributed by atoms with E-state index in [9.17, 15) is 5.11 Å². The summed E-state index contributed by atoms with van der Waals surface area (Å²) < 4.78 is 1.85. The minimum absolute atomic E-state index is 0.125. The van der Waals surface area contributed by atoms with Gasteiger partial charge in [-0.1, -0.05) is 18.5 Å². The zero-order chi connectivity index (χ0) is 17.1. The Bertz CT molecular complexity index is 1130. The lowest BCUT2D eigenvalue weighted by Crippen LogP contribution is -2.09. The number of hydrogen-bond acceptors (Lipinski definition) is 5. The van der Waals surface area contributed by atoms with Crippen LogP contribution in [0.4, 0.5) is 0 Å². The second-order valence-corrected chi connectivity index (χ2v) is 8.18. The van der Waals surface area contributed by atoms with Crippen LogP contribution < -0.4 is 0 Å². The second kappa shape index (κ2) is 5.41. The molecule has 1 atom stereocenters. The molecule has 1 aromatic carbocycles. The first kappa shape index (κ1) is 15.1. The number of thiophene rings is 1. The molecule has 1 aliphatic carbocycles. The number of phenolic OH excluding ortho intramolecular Hbond substituents is 1. The SMILES string of the molecule is C[C@H]1CCc2sc3ncn4c(-c5cc(Cl)ccc5O)nnc4c3c2C1. The molecule has 3 aromatic heterocycles. The molecule has 0 amide bonds. The van der Waals surface area contributed by atoms with Crippen LogP contribution in [0.3, 0.4) is 0 Å². The first-order valence-electron chi connectivity index (χ1n) is 8.24. The van der Waals surface area contributed by atoms with Crippen molar-refractivity contribution in [3.05, 3.63) is 40.0 Å². The number of hydrogen-bond donors (Lipinski definition) is 1. The van der Waals surface area contributed by atoms with Gasteiger partial charge in [0.15, 0.2) is 11.5 Å². The largest absolute Gasteiger partial charge is 0.507 e. The lowest BCUT2D eigenvalue weighted by molar-refractivity contribution is 0.477. The van der Waals surface area contributed by atoms with Crippen LogP contribution in [0.25, 0.3) is 27.3 Å². The fraction of sp³-hybridized carbons (Fsp3) is 0.278. The number of nitrogens with zero attached hydrogens (tertiary/aromatic N) is 4. The molecular weight excluding hydrogens is 356 g/mol. The molecule has 0 spiro atoms. The number of fused-ring (bicyclic) bond motifs is 5. The van der Waals surface area contributed by atoms with E-state index in [1.165, 1.54) is 16.9 Å². The number of halogens is 1. The Hall–Kier alpha value is -2.18. The molecule has 0 radical (unpaired) electrons. The van der Waals surface area contributed by atoms with Gasteiger partial charge in [0.25, 0.3) is 0 Å². The van der Waals surface area contributed by atoms with Gasteiger partial charge in [-0.05, 0) is 48.9 Å². The normalized spacial score (nSPS) is 17.3. The van der Waals surface area contributed by atoms with E-state index in [1.807, 2.05) is 4.40 Å². The fourth-order valence-corrected chi connectivity index (χ4v) is 4.97. The zero-order valence-electron chi connectivity index (χ0n) is 13.5. The van der Waals surface area contributed by atoms with Crippen molar-refractivity contribution in [3.63, 3.8) is 0 Å². The van der Waals surface area contributed by atoms with E-state index in [-0.39, 0.29) is 5.75 Å². The lowest BCUT2D eigenvalue weighted by Gasteiger charge is -2.17. The van der Waals surface area contributed by atoms with Crippen molar-refractivity contribution in [1.82, 2.24) is 19.6 Å². The van der Waals surface area contributed by atoms with Crippen molar-refractivity contribution >= 4 is 38.8 Å². The Kier molecular flexibility index (Phi) is 3.27. The lowest BCUT2D eigenvalue weighted by atomic mass is 9.89. The molecule has 5 nitrogen and oxygen atoms in total. The van der Waals surface area contributed by atoms with Crippen molar-refractivity contribution < 1.29 is 5.11 Å². The molecule has 25 heavy (non-hydrogen) atoms. The van der Waals surface area contributed by atoms with Gasteiger partial charge < -0.3 is 5.11 Å². The van der Waals surface area contributed by atoms with Gasteiger partial charge in [0.1, 0.15) is 16.9 Å². The molecule has 126 valence electrons. The fourth-order valence-electron chi connectivity index (χ4n) is 3.62. The minimum atomic E-state index is 0.125. The highest BCUT2D eigenvalue weighted by atomic mass is 35.5. The van der Waals surface area contributed by atoms with E-state index in [1.54, 1.807) is 35.9 Å². The number of phenols is 1. The summed E-state index contributed by atoms with van der Waals surface area (Å²) in [5, 5.41) is 20.6. The molecule has 0 aliphatic heterocycles. The first-order chi connectivity index (χ1) is 12.1. The molecule has 5 rings (SSSR count). The van der Waals surface area contributed by atoms with Gasteiger partial charge in [-0.2, -0.15) is 0 Å². The predicted octanol–water partition coefficient (Wildman–Crippen LogP) is 4.49. The van der Waals surface area contributed by atoms with Crippen LogP contribution in [0.2, 0.25) is 5.02 Å². The second-order valence-electron chi connectivity index (χ2n) is 6.66. The highest BCUT2D eigenvalue weighted by Gasteiger charge is 2.24. The summed E-state index contributed by atoms with van der Waals surface area (Å²) in [4.78, 5) is 7.07. The average molecular weight is 371 g/mol. The molecule has 1 aliphatic rings. The minimum Gasteiger partial charge on any atom is -0.507 e. The molecule has 4 aromatic rings. The van der Waals surface area contributed by atoms with E-state index in [0.717, 1.165) is 28.7 Å². The topological polar surface area (TPSA) is 63.3 Å². The van der Waals surface area contributed by atoms with Gasteiger partial charge in [0, 0.05) is 9.90 Å². The Balaban J connectivity index is 1.80. The van der Waals surface area contributed by atoms with Gasteiger partial charge in [-0.15, -0.1) is 21.5 Å². The molecule has 0 bridgehead atoms. The van der Waals surface area contributed by atoms with Crippen LogP contribution in [0, 0.1) is 5.92 Å². The van der Waals surface area contributed by atoms with Crippen molar-refractivity contribution in [2.24, 2.45) is 5.92 Å². The smallest absolute Gasteiger partial charge is 0.173 e. The first-order valence-corrected chi connectivity index (χ1v) is 9.44. The van der Waals surface area contributed by atoms with Gasteiger partial charge in [0.2, 0.25) is 0 Å². The molecule has 0 saturated carbocycles. The summed E-state index contributed by atoms with van der Waals surface area (Å²) in [5.74, 6) is 1.35. The zero-order valence-corrected chi connectivity index (χ0v) is 15.1. The number of aryl methyl sites for hydroxylation is 1. The predicted molar refractivity (Wildman–Crippen MR) is 99.5 cm³/mol. The molecule has 0 saturated heterocycles. The van der Waals surface area contributed by atoms with E-state index >= 15 is 0 Å². The molecule has 0 fully saturated rings. The summed E-state index contributed by atoms with van der Waals surface area (Å²) >= 11 is 7.86. The Morgan fingerprint density at radius 3 is 3.08 bits per heavy atom. The molecule has 7 heteroatoms. The number of benzene rings is 1. The van der Waals surface area contributed by atoms with Gasteiger partial charge in [-0.25, -0.2) is 4.98 Å². The van der Waals surface area contributed by atoms with E-state index in [4.69, 9.17) is 11.6 Å². The third kappa shape index (κ3) is 2.24. The number of aromatic hydroxyl groups is 1. The summed E-state index contributed by atoms with van der Waals surface area (Å²) in [6.07, 6.45) is 5.13. The molecule has 3 heterocycles. The van der Waals surface area contributed by atoms with Gasteiger partial charge >= 0.3 is 0 Å². The van der Waals surface area contributed by atoms with Crippen LogP contribution in [0.5, 0.6) is 5.75 Å². The van der Waals surface area contributed by atoms with Gasteiger partial charge in [0.05, 0.1) is 10.9 Å². The van der Waals surface area contributed by atoms with Crippen molar-refractivity contribution in [2.45, 2.75) is 26.2 Å². The Morgan fingerprint density at radius 1 is 1.32 bits per heavy atom. The van der Waals surface area contributed by atoms with Crippen LogP contribution in [0.1, 0.15) is 23.8 Å². The summed E-state index contributed by atoms with van der Waals surface area (Å²) in [6, 6.07) is 4.91. The van der Waals surface area contributed by atoms with Gasteiger partial charge in [-0.3, -0.25) is 4.40 Å². The van der Waals surface area contributed by atoms with E-state index in [0.29, 0.717) is 22.3 Å². The summed E-state index contributed by atoms with van der Waals surface area (Å²) in [6.45, 7) is 2.29.